The number of para-hydroxylation sites is 1. The molecule has 0 aliphatic carbocycles. The van der Waals surface area contributed by atoms with Gasteiger partial charge in [0.25, 0.3) is 0 Å². The SMILES string of the molecule is CN(CCOc1ccccc1F)CC(=O)Nc1cc2c(cc1Cl)OCCCO2. The van der Waals surface area contributed by atoms with Gasteiger partial charge in [0.05, 0.1) is 30.5 Å². The van der Waals surface area contributed by atoms with Gasteiger partial charge in [-0.3, -0.25) is 9.69 Å². The van der Waals surface area contributed by atoms with Gasteiger partial charge in [-0.1, -0.05) is 23.7 Å². The van der Waals surface area contributed by atoms with Crippen molar-refractivity contribution in [2.75, 3.05) is 45.3 Å². The maximum atomic E-state index is 13.5. The van der Waals surface area contributed by atoms with Gasteiger partial charge in [0.2, 0.25) is 5.91 Å². The first-order valence-electron chi connectivity index (χ1n) is 8.98. The van der Waals surface area contributed by atoms with Gasteiger partial charge in [0.1, 0.15) is 6.61 Å². The molecule has 1 amide bonds. The highest BCUT2D eigenvalue weighted by molar-refractivity contribution is 6.34. The first kappa shape index (κ1) is 20.2. The van der Waals surface area contributed by atoms with E-state index in [1.165, 1.54) is 6.07 Å². The van der Waals surface area contributed by atoms with E-state index in [1.54, 1.807) is 42.3 Å². The lowest BCUT2D eigenvalue weighted by Crippen LogP contribution is -2.33. The van der Waals surface area contributed by atoms with Crippen LogP contribution < -0.4 is 19.5 Å². The van der Waals surface area contributed by atoms with Gasteiger partial charge in [0.15, 0.2) is 23.1 Å². The van der Waals surface area contributed by atoms with Crippen molar-refractivity contribution < 1.29 is 23.4 Å². The summed E-state index contributed by atoms with van der Waals surface area (Å²) in [5.41, 5.74) is 0.465. The van der Waals surface area contributed by atoms with Crippen molar-refractivity contribution >= 4 is 23.2 Å². The van der Waals surface area contributed by atoms with Crippen molar-refractivity contribution in [3.8, 4) is 17.2 Å². The Morgan fingerprint density at radius 1 is 1.25 bits per heavy atom. The van der Waals surface area contributed by atoms with Crippen molar-refractivity contribution in [2.24, 2.45) is 0 Å². The molecule has 0 atom stereocenters. The molecule has 0 saturated heterocycles. The van der Waals surface area contributed by atoms with Crippen LogP contribution >= 0.6 is 11.6 Å². The number of carbonyl (C=O) groups excluding carboxylic acids is 1. The molecule has 0 unspecified atom stereocenters. The summed E-state index contributed by atoms with van der Waals surface area (Å²) < 4.78 is 30.1. The Morgan fingerprint density at radius 2 is 1.96 bits per heavy atom. The third-order valence-corrected chi connectivity index (χ3v) is 4.40. The van der Waals surface area contributed by atoms with E-state index in [2.05, 4.69) is 5.32 Å². The van der Waals surface area contributed by atoms with Gasteiger partial charge in [0, 0.05) is 25.1 Å². The minimum absolute atomic E-state index is 0.130. The number of rotatable bonds is 7. The van der Waals surface area contributed by atoms with E-state index >= 15 is 0 Å². The summed E-state index contributed by atoms with van der Waals surface area (Å²) in [6.07, 6.45) is 0.785. The number of hydrogen-bond acceptors (Lipinski definition) is 5. The lowest BCUT2D eigenvalue weighted by Gasteiger charge is -2.17. The Bertz CT molecular complexity index is 834. The van der Waals surface area contributed by atoms with E-state index in [9.17, 15) is 9.18 Å². The summed E-state index contributed by atoms with van der Waals surface area (Å²) in [5.74, 6) is 0.683. The summed E-state index contributed by atoms with van der Waals surface area (Å²) in [6.45, 7) is 1.96. The molecule has 1 aliphatic heterocycles. The Morgan fingerprint density at radius 3 is 2.71 bits per heavy atom. The fourth-order valence-corrected chi connectivity index (χ4v) is 2.87. The minimum Gasteiger partial charge on any atom is -0.490 e. The summed E-state index contributed by atoms with van der Waals surface area (Å²) in [7, 11) is 1.78. The van der Waals surface area contributed by atoms with Crippen LogP contribution in [0.25, 0.3) is 0 Å². The average Bonchev–Trinajstić information content (AvgIpc) is 2.88. The molecule has 0 radical (unpaired) electrons. The summed E-state index contributed by atoms with van der Waals surface area (Å²) in [5, 5.41) is 3.16. The van der Waals surface area contributed by atoms with Crippen molar-refractivity contribution in [3.63, 3.8) is 0 Å². The van der Waals surface area contributed by atoms with Gasteiger partial charge >= 0.3 is 0 Å². The molecule has 2 aromatic carbocycles. The number of halogens is 2. The normalized spacial score (nSPS) is 13.1. The van der Waals surface area contributed by atoms with Gasteiger partial charge in [-0.2, -0.15) is 0 Å². The Kier molecular flexibility index (Phi) is 6.95. The molecule has 1 aliphatic rings. The number of hydrogen-bond donors (Lipinski definition) is 1. The van der Waals surface area contributed by atoms with Crippen LogP contribution in [0, 0.1) is 5.82 Å². The third kappa shape index (κ3) is 5.50. The van der Waals surface area contributed by atoms with Crippen LogP contribution in [0.5, 0.6) is 17.2 Å². The molecular formula is C20H22ClFN2O4. The maximum Gasteiger partial charge on any atom is 0.238 e. The molecule has 8 heteroatoms. The Balaban J connectivity index is 1.49. The zero-order valence-electron chi connectivity index (χ0n) is 15.5. The number of fused-ring (bicyclic) bond motifs is 1. The number of benzene rings is 2. The number of nitrogens with one attached hydrogen (secondary N) is 1. The molecule has 2 aromatic rings. The minimum atomic E-state index is -0.410. The van der Waals surface area contributed by atoms with Crippen LogP contribution in [0.3, 0.4) is 0 Å². The highest BCUT2D eigenvalue weighted by atomic mass is 35.5. The Hall–Kier alpha value is -2.51. The third-order valence-electron chi connectivity index (χ3n) is 4.09. The molecule has 0 aromatic heterocycles. The molecule has 6 nitrogen and oxygen atoms in total. The zero-order valence-corrected chi connectivity index (χ0v) is 16.3. The predicted octanol–water partition coefficient (Wildman–Crippen LogP) is 3.59. The molecule has 0 saturated carbocycles. The van der Waals surface area contributed by atoms with E-state index in [1.807, 2.05) is 0 Å². The first-order chi connectivity index (χ1) is 13.5. The van der Waals surface area contributed by atoms with Gasteiger partial charge in [-0.15, -0.1) is 0 Å². The molecule has 0 spiro atoms. The Labute approximate surface area is 168 Å². The smallest absolute Gasteiger partial charge is 0.238 e. The lowest BCUT2D eigenvalue weighted by atomic mass is 10.2. The van der Waals surface area contributed by atoms with E-state index in [4.69, 9.17) is 25.8 Å². The fraction of sp³-hybridized carbons (Fsp3) is 0.350. The van der Waals surface area contributed by atoms with Crippen molar-refractivity contribution in [1.82, 2.24) is 4.90 Å². The van der Waals surface area contributed by atoms with Crippen LogP contribution in [0.1, 0.15) is 6.42 Å². The fourth-order valence-electron chi connectivity index (χ4n) is 2.67. The second kappa shape index (κ2) is 9.61. The summed E-state index contributed by atoms with van der Waals surface area (Å²) in [6, 6.07) is 9.52. The molecule has 3 rings (SSSR count). The largest absolute Gasteiger partial charge is 0.490 e. The van der Waals surface area contributed by atoms with E-state index in [-0.39, 0.29) is 24.8 Å². The highest BCUT2D eigenvalue weighted by Gasteiger charge is 2.16. The van der Waals surface area contributed by atoms with Crippen LogP contribution in [0.15, 0.2) is 36.4 Å². The lowest BCUT2D eigenvalue weighted by molar-refractivity contribution is -0.117. The molecule has 0 bridgehead atoms. The molecule has 1 heterocycles. The number of amides is 1. The van der Waals surface area contributed by atoms with Crippen molar-refractivity contribution in [3.05, 3.63) is 47.2 Å². The second-order valence-corrected chi connectivity index (χ2v) is 6.80. The summed E-state index contributed by atoms with van der Waals surface area (Å²) >= 11 is 6.24. The first-order valence-corrected chi connectivity index (χ1v) is 9.35. The van der Waals surface area contributed by atoms with Gasteiger partial charge in [-0.25, -0.2) is 4.39 Å². The molecule has 1 N–H and O–H groups in total. The molecular weight excluding hydrogens is 387 g/mol. The second-order valence-electron chi connectivity index (χ2n) is 6.39. The summed E-state index contributed by atoms with van der Waals surface area (Å²) in [4.78, 5) is 14.1. The average molecular weight is 409 g/mol. The van der Waals surface area contributed by atoms with Crippen LogP contribution in [0.2, 0.25) is 5.02 Å². The number of ether oxygens (including phenoxy) is 3. The van der Waals surface area contributed by atoms with E-state index < -0.39 is 5.82 Å². The van der Waals surface area contributed by atoms with Crippen molar-refractivity contribution in [1.29, 1.82) is 0 Å². The molecule has 28 heavy (non-hydrogen) atoms. The van der Waals surface area contributed by atoms with Crippen LogP contribution in [-0.2, 0) is 4.79 Å². The standard InChI is InChI=1S/C20H22ClFN2O4/c1-24(7-10-28-17-6-3-2-5-15(17)22)13-20(25)23-16-12-19-18(11-14(16)21)26-8-4-9-27-19/h2-3,5-6,11-12H,4,7-10,13H2,1H3,(H,23,25). The topological polar surface area (TPSA) is 60.0 Å². The van der Waals surface area contributed by atoms with E-state index in [0.717, 1.165) is 6.42 Å². The number of carbonyl (C=O) groups is 1. The van der Waals surface area contributed by atoms with Crippen LogP contribution in [-0.4, -0.2) is 50.8 Å². The van der Waals surface area contributed by atoms with Gasteiger partial charge < -0.3 is 19.5 Å². The monoisotopic (exact) mass is 408 g/mol. The van der Waals surface area contributed by atoms with Gasteiger partial charge in [-0.05, 0) is 19.2 Å². The van der Waals surface area contributed by atoms with Crippen molar-refractivity contribution in [2.45, 2.75) is 6.42 Å². The zero-order chi connectivity index (χ0) is 19.9. The van der Waals surface area contributed by atoms with Crippen LogP contribution in [0.4, 0.5) is 10.1 Å². The molecule has 0 fully saturated rings. The predicted molar refractivity (Wildman–Crippen MR) is 105 cm³/mol. The maximum absolute atomic E-state index is 13.5. The quantitative estimate of drug-likeness (QED) is 0.758. The number of anilines is 1. The number of likely N-dealkylation sites (N-methyl/N-ethyl adjacent to an activating group) is 1. The number of nitrogens with zero attached hydrogens (tertiary/aromatic N) is 1. The van der Waals surface area contributed by atoms with E-state index in [0.29, 0.717) is 42.0 Å². The molecule has 150 valence electrons. The highest BCUT2D eigenvalue weighted by Crippen LogP contribution is 2.37.